The summed E-state index contributed by atoms with van der Waals surface area (Å²) in [6.07, 6.45) is 4.98. The Kier molecular flexibility index (Phi) is 7.35. The first-order chi connectivity index (χ1) is 14.5. The topological polar surface area (TPSA) is 98.6 Å². The fourth-order valence-electron chi connectivity index (χ4n) is 3.97. The van der Waals surface area contributed by atoms with Crippen LogP contribution in [0.15, 0.2) is 58.1 Å². The Hall–Kier alpha value is -2.84. The quantitative estimate of drug-likeness (QED) is 0.366. The zero-order valence-corrected chi connectivity index (χ0v) is 18.8. The van der Waals surface area contributed by atoms with Gasteiger partial charge in [0.15, 0.2) is 11.5 Å². The van der Waals surface area contributed by atoms with Crippen LogP contribution in [-0.4, -0.2) is 44.3 Å². The number of unbranched alkanes of at least 4 members (excludes halogenated alkanes) is 1. The Bertz CT molecular complexity index is 1200. The van der Waals surface area contributed by atoms with Crippen molar-refractivity contribution in [1.82, 2.24) is 14.5 Å². The number of nitrogens with one attached hydrogen (secondary N) is 1. The largest absolute Gasteiger partial charge is 0.504 e. The molecule has 1 aliphatic heterocycles. The first-order valence-electron chi connectivity index (χ1n) is 10.2. The molecule has 0 unspecified atom stereocenters. The number of aryl methyl sites for hydroxylation is 1. The lowest BCUT2D eigenvalue weighted by molar-refractivity contribution is 0.292. The van der Waals surface area contributed by atoms with Crippen LogP contribution in [0.5, 0.6) is 11.5 Å². The maximum Gasteiger partial charge on any atom is 0.328 e. The molecule has 3 aromatic rings. The van der Waals surface area contributed by atoms with Gasteiger partial charge in [-0.05, 0) is 43.0 Å². The van der Waals surface area contributed by atoms with Crippen molar-refractivity contribution in [2.45, 2.75) is 25.8 Å². The van der Waals surface area contributed by atoms with E-state index in [0.717, 1.165) is 38.9 Å². The maximum absolute atomic E-state index is 12.3. The van der Waals surface area contributed by atoms with E-state index >= 15 is 0 Å². The van der Waals surface area contributed by atoms with Gasteiger partial charge in [-0.25, -0.2) is 4.79 Å². The van der Waals surface area contributed by atoms with Crippen LogP contribution in [0.2, 0.25) is 0 Å². The number of halogens is 1. The van der Waals surface area contributed by atoms with E-state index in [1.807, 2.05) is 6.07 Å². The van der Waals surface area contributed by atoms with Crippen molar-refractivity contribution < 1.29 is 10.2 Å². The van der Waals surface area contributed by atoms with Gasteiger partial charge in [-0.15, -0.1) is 17.0 Å². The third kappa shape index (κ3) is 5.08. The molecule has 4 rings (SSSR count). The van der Waals surface area contributed by atoms with Crippen molar-refractivity contribution in [1.29, 1.82) is 0 Å². The molecule has 0 saturated heterocycles. The van der Waals surface area contributed by atoms with Gasteiger partial charge in [-0.2, -0.15) is 0 Å². The summed E-state index contributed by atoms with van der Waals surface area (Å²) in [5.41, 5.74) is 1.92. The zero-order valence-electron chi connectivity index (χ0n) is 17.1. The molecule has 0 saturated carbocycles. The van der Waals surface area contributed by atoms with Gasteiger partial charge in [-0.3, -0.25) is 19.2 Å². The van der Waals surface area contributed by atoms with Crippen LogP contribution in [0.4, 0.5) is 0 Å². The van der Waals surface area contributed by atoms with Gasteiger partial charge in [0, 0.05) is 25.7 Å². The normalized spacial score (nSPS) is 14.3. The van der Waals surface area contributed by atoms with Crippen LogP contribution < -0.4 is 11.2 Å². The van der Waals surface area contributed by atoms with E-state index in [2.05, 4.69) is 40.2 Å². The zero-order chi connectivity index (χ0) is 21.1. The van der Waals surface area contributed by atoms with E-state index in [9.17, 15) is 19.8 Å². The van der Waals surface area contributed by atoms with Crippen molar-refractivity contribution in [3.8, 4) is 11.5 Å². The molecule has 1 aromatic heterocycles. The Morgan fingerprint density at radius 2 is 1.68 bits per heavy atom. The minimum Gasteiger partial charge on any atom is -0.504 e. The van der Waals surface area contributed by atoms with Crippen LogP contribution in [-0.2, 0) is 6.54 Å². The second-order valence-electron chi connectivity index (χ2n) is 7.62. The first-order valence-corrected chi connectivity index (χ1v) is 10.2. The minimum absolute atomic E-state index is 0. The van der Waals surface area contributed by atoms with Crippen LogP contribution in [0.1, 0.15) is 24.8 Å². The average Bonchev–Trinajstić information content (AvgIpc) is 2.75. The molecule has 0 fully saturated rings. The number of aromatic amines is 1. The summed E-state index contributed by atoms with van der Waals surface area (Å²) < 4.78 is 1.44. The molecular weight excluding hydrogens is 462 g/mol. The molecule has 0 radical (unpaired) electrons. The Labute approximate surface area is 190 Å². The molecule has 3 N–H and O–H groups in total. The standard InChI is InChI=1S/C23H25N3O4.BrH/c27-20-14-18-19(15-21(20)28)26(23(30)24-22(18)29)11-5-4-10-25-12-8-17(9-13-25)16-6-2-1-3-7-16;/h1-3,6-8,14-15,27-28H,4-5,9-13H2,(H,24,29,30);1H. The first kappa shape index (κ1) is 22.8. The van der Waals surface area contributed by atoms with Crippen molar-refractivity contribution in [3.05, 3.63) is 74.9 Å². The number of hydrogen-bond acceptors (Lipinski definition) is 5. The summed E-state index contributed by atoms with van der Waals surface area (Å²) in [6, 6.07) is 12.9. The van der Waals surface area contributed by atoms with Gasteiger partial charge >= 0.3 is 5.69 Å². The van der Waals surface area contributed by atoms with Crippen molar-refractivity contribution in [3.63, 3.8) is 0 Å². The third-order valence-electron chi connectivity index (χ3n) is 5.64. The molecule has 31 heavy (non-hydrogen) atoms. The van der Waals surface area contributed by atoms with Crippen LogP contribution in [0.3, 0.4) is 0 Å². The summed E-state index contributed by atoms with van der Waals surface area (Å²) in [5.74, 6) is -0.734. The molecule has 0 bridgehead atoms. The van der Waals surface area contributed by atoms with Gasteiger partial charge < -0.3 is 10.2 Å². The summed E-state index contributed by atoms with van der Waals surface area (Å²) in [4.78, 5) is 28.9. The number of phenols is 2. The summed E-state index contributed by atoms with van der Waals surface area (Å²) in [7, 11) is 0. The highest BCUT2D eigenvalue weighted by molar-refractivity contribution is 8.93. The number of hydrogen-bond donors (Lipinski definition) is 3. The van der Waals surface area contributed by atoms with E-state index in [1.54, 1.807) is 0 Å². The Morgan fingerprint density at radius 3 is 2.39 bits per heavy atom. The summed E-state index contributed by atoms with van der Waals surface area (Å²) >= 11 is 0. The smallest absolute Gasteiger partial charge is 0.328 e. The van der Waals surface area contributed by atoms with E-state index < -0.39 is 11.2 Å². The number of aromatic hydroxyl groups is 2. The highest BCUT2D eigenvalue weighted by Crippen LogP contribution is 2.28. The number of benzene rings is 2. The lowest BCUT2D eigenvalue weighted by Crippen LogP contribution is -2.31. The van der Waals surface area contributed by atoms with Crippen LogP contribution in [0.25, 0.3) is 16.5 Å². The van der Waals surface area contributed by atoms with Crippen LogP contribution >= 0.6 is 17.0 Å². The molecule has 8 heteroatoms. The SMILES string of the molecule is Br.O=c1[nH]c(=O)n(CCCCN2CC=C(c3ccccc3)CC2)c2cc(O)c(O)cc12. The van der Waals surface area contributed by atoms with Crippen LogP contribution in [0, 0.1) is 0 Å². The van der Waals surface area contributed by atoms with E-state index in [4.69, 9.17) is 0 Å². The fraction of sp³-hybridized carbons (Fsp3) is 0.304. The van der Waals surface area contributed by atoms with Gasteiger partial charge in [0.25, 0.3) is 5.56 Å². The number of aromatic nitrogens is 2. The lowest BCUT2D eigenvalue weighted by atomic mass is 9.99. The van der Waals surface area contributed by atoms with Crippen molar-refractivity contribution >= 4 is 33.5 Å². The Balaban J connectivity index is 0.00000272. The van der Waals surface area contributed by atoms with Crippen molar-refractivity contribution in [2.75, 3.05) is 19.6 Å². The maximum atomic E-state index is 12.3. The highest BCUT2D eigenvalue weighted by atomic mass is 79.9. The molecule has 2 aromatic carbocycles. The minimum atomic E-state index is -0.573. The molecule has 1 aliphatic rings. The molecule has 7 nitrogen and oxygen atoms in total. The third-order valence-corrected chi connectivity index (χ3v) is 5.64. The Morgan fingerprint density at radius 1 is 0.968 bits per heavy atom. The molecule has 0 atom stereocenters. The number of rotatable bonds is 6. The van der Waals surface area contributed by atoms with Gasteiger partial charge in [0.05, 0.1) is 10.9 Å². The number of H-pyrrole nitrogens is 1. The molecule has 164 valence electrons. The number of nitrogens with zero attached hydrogens (tertiary/aromatic N) is 2. The lowest BCUT2D eigenvalue weighted by Gasteiger charge is -2.26. The average molecular weight is 488 g/mol. The fourth-order valence-corrected chi connectivity index (χ4v) is 3.97. The second kappa shape index (κ2) is 9.98. The summed E-state index contributed by atoms with van der Waals surface area (Å²) in [6.45, 7) is 3.28. The van der Waals surface area contributed by atoms with Gasteiger partial charge in [0.2, 0.25) is 0 Å². The number of phenolic OH excluding ortho intramolecular Hbond substituents is 2. The molecular formula is C23H26BrN3O4. The van der Waals surface area contributed by atoms with E-state index in [-0.39, 0.29) is 33.9 Å². The predicted octanol–water partition coefficient (Wildman–Crippen LogP) is 3.25. The molecule has 0 spiro atoms. The van der Waals surface area contributed by atoms with Gasteiger partial charge in [-0.1, -0.05) is 36.4 Å². The molecule has 2 heterocycles. The van der Waals surface area contributed by atoms with E-state index in [0.29, 0.717) is 12.1 Å². The number of fused-ring (bicyclic) bond motifs is 1. The second-order valence-corrected chi connectivity index (χ2v) is 7.62. The van der Waals surface area contributed by atoms with Crippen molar-refractivity contribution in [2.24, 2.45) is 0 Å². The summed E-state index contributed by atoms with van der Waals surface area (Å²) in [5, 5.41) is 19.6. The molecule has 0 amide bonds. The van der Waals surface area contributed by atoms with Gasteiger partial charge in [0.1, 0.15) is 0 Å². The van der Waals surface area contributed by atoms with E-state index in [1.165, 1.54) is 27.8 Å². The monoisotopic (exact) mass is 487 g/mol. The molecule has 0 aliphatic carbocycles. The predicted molar refractivity (Wildman–Crippen MR) is 127 cm³/mol. The highest BCUT2D eigenvalue weighted by Gasteiger charge is 2.14.